The topological polar surface area (TPSA) is 17.1 Å². The number of hydrogen-bond donors (Lipinski definition) is 0. The third-order valence-electron chi connectivity index (χ3n) is 2.01. The number of ketones is 1. The largest absolute Gasteiger partial charge is 0.299 e. The molecule has 0 rings (SSSR count). The van der Waals surface area contributed by atoms with Crippen molar-refractivity contribution < 1.29 is 4.79 Å². The number of Topliss-reactive ketones (excluding diaryl/α,β-unsaturated/α-hetero) is 1. The van der Waals surface area contributed by atoms with E-state index in [9.17, 15) is 4.79 Å². The van der Waals surface area contributed by atoms with Crippen LogP contribution in [0.2, 0.25) is 0 Å². The van der Waals surface area contributed by atoms with Crippen LogP contribution in [-0.4, -0.2) is 5.78 Å². The molecule has 1 heteroatoms. The highest BCUT2D eigenvalue weighted by molar-refractivity contribution is 5.80. The highest BCUT2D eigenvalue weighted by Crippen LogP contribution is 2.08. The number of carbonyl (C=O) groups excluding carboxylic acids is 1. The molecule has 0 aromatic carbocycles. The normalized spacial score (nSPS) is 9.83. The standard InChI is InChI=1S/C11H20O/c1-4-6-7-8-11(12)9-10(3)5-2/h3-9H2,1-2H3. The molecule has 0 aromatic heterocycles. The number of unbranched alkanes of at least 4 members (excludes halogenated alkanes) is 2. The Morgan fingerprint density at radius 1 is 1.25 bits per heavy atom. The smallest absolute Gasteiger partial charge is 0.136 e. The van der Waals surface area contributed by atoms with Gasteiger partial charge in [0, 0.05) is 12.8 Å². The first-order valence-electron chi connectivity index (χ1n) is 4.89. The van der Waals surface area contributed by atoms with Crippen molar-refractivity contribution in [2.75, 3.05) is 0 Å². The fourth-order valence-corrected chi connectivity index (χ4v) is 1.06. The van der Waals surface area contributed by atoms with Crippen LogP contribution in [0.4, 0.5) is 0 Å². The van der Waals surface area contributed by atoms with Crippen LogP contribution in [0.15, 0.2) is 12.2 Å². The van der Waals surface area contributed by atoms with Crippen LogP contribution in [0.3, 0.4) is 0 Å². The van der Waals surface area contributed by atoms with Gasteiger partial charge in [-0.15, -0.1) is 0 Å². The van der Waals surface area contributed by atoms with E-state index in [-0.39, 0.29) is 0 Å². The van der Waals surface area contributed by atoms with Gasteiger partial charge in [0.15, 0.2) is 0 Å². The molecule has 0 bridgehead atoms. The Morgan fingerprint density at radius 2 is 1.92 bits per heavy atom. The zero-order valence-corrected chi connectivity index (χ0v) is 8.36. The molecular formula is C11H20O. The van der Waals surface area contributed by atoms with Crippen molar-refractivity contribution in [2.45, 2.75) is 52.4 Å². The monoisotopic (exact) mass is 168 g/mol. The van der Waals surface area contributed by atoms with Crippen LogP contribution >= 0.6 is 0 Å². The van der Waals surface area contributed by atoms with Crippen LogP contribution < -0.4 is 0 Å². The molecule has 0 saturated heterocycles. The lowest BCUT2D eigenvalue weighted by molar-refractivity contribution is -0.118. The molecule has 0 heterocycles. The molecule has 0 amide bonds. The van der Waals surface area contributed by atoms with Gasteiger partial charge in [0.05, 0.1) is 0 Å². The molecule has 0 radical (unpaired) electrons. The molecule has 0 atom stereocenters. The van der Waals surface area contributed by atoms with Crippen molar-refractivity contribution in [1.29, 1.82) is 0 Å². The molecule has 0 unspecified atom stereocenters. The molecular weight excluding hydrogens is 148 g/mol. The van der Waals surface area contributed by atoms with E-state index in [1.54, 1.807) is 0 Å². The van der Waals surface area contributed by atoms with E-state index in [2.05, 4.69) is 13.5 Å². The lowest BCUT2D eigenvalue weighted by Crippen LogP contribution is -1.98. The van der Waals surface area contributed by atoms with Crippen LogP contribution in [0.1, 0.15) is 52.4 Å². The zero-order chi connectivity index (χ0) is 9.40. The summed E-state index contributed by atoms with van der Waals surface area (Å²) < 4.78 is 0. The molecule has 0 spiro atoms. The summed E-state index contributed by atoms with van der Waals surface area (Å²) in [7, 11) is 0. The highest BCUT2D eigenvalue weighted by atomic mass is 16.1. The number of carbonyl (C=O) groups is 1. The average molecular weight is 168 g/mol. The number of hydrogen-bond acceptors (Lipinski definition) is 1. The fraction of sp³-hybridized carbons (Fsp3) is 0.727. The van der Waals surface area contributed by atoms with E-state index in [4.69, 9.17) is 0 Å². The number of allylic oxidation sites excluding steroid dienone is 1. The lowest BCUT2D eigenvalue weighted by Gasteiger charge is -2.00. The summed E-state index contributed by atoms with van der Waals surface area (Å²) in [5.41, 5.74) is 1.07. The van der Waals surface area contributed by atoms with E-state index in [1.807, 2.05) is 6.92 Å². The van der Waals surface area contributed by atoms with E-state index < -0.39 is 0 Å². The van der Waals surface area contributed by atoms with Crippen molar-refractivity contribution in [3.8, 4) is 0 Å². The molecule has 12 heavy (non-hydrogen) atoms. The maximum absolute atomic E-state index is 11.2. The second kappa shape index (κ2) is 7.08. The predicted octanol–water partition coefficient (Wildman–Crippen LogP) is 3.49. The summed E-state index contributed by atoms with van der Waals surface area (Å²) in [6.07, 6.45) is 5.67. The molecule has 0 aliphatic rings. The van der Waals surface area contributed by atoms with Crippen molar-refractivity contribution in [3.63, 3.8) is 0 Å². The summed E-state index contributed by atoms with van der Waals surface area (Å²) >= 11 is 0. The van der Waals surface area contributed by atoms with Crippen LogP contribution in [0, 0.1) is 0 Å². The zero-order valence-electron chi connectivity index (χ0n) is 8.36. The minimum atomic E-state index is 0.357. The van der Waals surface area contributed by atoms with Gasteiger partial charge in [-0.25, -0.2) is 0 Å². The van der Waals surface area contributed by atoms with E-state index in [0.717, 1.165) is 24.8 Å². The Hall–Kier alpha value is -0.590. The maximum atomic E-state index is 11.2. The van der Waals surface area contributed by atoms with Crippen LogP contribution in [-0.2, 0) is 4.79 Å². The minimum absolute atomic E-state index is 0.357. The van der Waals surface area contributed by atoms with Crippen molar-refractivity contribution in [2.24, 2.45) is 0 Å². The summed E-state index contributed by atoms with van der Waals surface area (Å²) in [6, 6.07) is 0. The van der Waals surface area contributed by atoms with E-state index >= 15 is 0 Å². The van der Waals surface area contributed by atoms with Crippen LogP contribution in [0.25, 0.3) is 0 Å². The fourth-order valence-electron chi connectivity index (χ4n) is 1.06. The lowest BCUT2D eigenvalue weighted by atomic mass is 10.0. The van der Waals surface area contributed by atoms with Crippen molar-refractivity contribution in [1.82, 2.24) is 0 Å². The Labute approximate surface area is 75.9 Å². The third kappa shape index (κ3) is 6.14. The van der Waals surface area contributed by atoms with Gasteiger partial charge in [-0.05, 0) is 12.8 Å². The van der Waals surface area contributed by atoms with E-state index in [0.29, 0.717) is 12.2 Å². The average Bonchev–Trinajstić information content (AvgIpc) is 2.05. The Balaban J connectivity index is 3.40. The predicted molar refractivity (Wildman–Crippen MR) is 53.2 cm³/mol. The van der Waals surface area contributed by atoms with Gasteiger partial charge in [0.1, 0.15) is 5.78 Å². The van der Waals surface area contributed by atoms with Gasteiger partial charge in [-0.1, -0.05) is 38.8 Å². The van der Waals surface area contributed by atoms with Gasteiger partial charge < -0.3 is 0 Å². The number of rotatable bonds is 7. The molecule has 0 aliphatic heterocycles. The first kappa shape index (κ1) is 11.4. The maximum Gasteiger partial charge on any atom is 0.136 e. The van der Waals surface area contributed by atoms with E-state index in [1.165, 1.54) is 12.8 Å². The third-order valence-corrected chi connectivity index (χ3v) is 2.01. The minimum Gasteiger partial charge on any atom is -0.299 e. The molecule has 0 N–H and O–H groups in total. The highest BCUT2D eigenvalue weighted by Gasteiger charge is 2.02. The Morgan fingerprint density at radius 3 is 2.42 bits per heavy atom. The summed E-state index contributed by atoms with van der Waals surface area (Å²) in [6.45, 7) is 8.01. The first-order valence-corrected chi connectivity index (χ1v) is 4.89. The van der Waals surface area contributed by atoms with Gasteiger partial charge in [-0.2, -0.15) is 0 Å². The van der Waals surface area contributed by atoms with Crippen LogP contribution in [0.5, 0.6) is 0 Å². The summed E-state index contributed by atoms with van der Waals surface area (Å²) in [5, 5.41) is 0. The molecule has 0 aliphatic carbocycles. The molecule has 0 fully saturated rings. The van der Waals surface area contributed by atoms with Gasteiger partial charge >= 0.3 is 0 Å². The molecule has 0 aromatic rings. The Kier molecular flexibility index (Phi) is 6.73. The summed E-state index contributed by atoms with van der Waals surface area (Å²) in [5.74, 6) is 0.357. The van der Waals surface area contributed by atoms with Crippen molar-refractivity contribution in [3.05, 3.63) is 12.2 Å². The Bertz CT molecular complexity index is 147. The summed E-state index contributed by atoms with van der Waals surface area (Å²) in [4.78, 5) is 11.2. The van der Waals surface area contributed by atoms with Gasteiger partial charge in [-0.3, -0.25) is 4.79 Å². The first-order chi connectivity index (χ1) is 5.70. The molecule has 1 nitrogen and oxygen atoms in total. The second-order valence-corrected chi connectivity index (χ2v) is 3.28. The SMILES string of the molecule is C=C(CC)CC(=O)CCCCC. The van der Waals surface area contributed by atoms with Gasteiger partial charge in [0.2, 0.25) is 0 Å². The second-order valence-electron chi connectivity index (χ2n) is 3.28. The molecule has 0 saturated carbocycles. The molecule has 70 valence electrons. The quantitative estimate of drug-likeness (QED) is 0.420. The van der Waals surface area contributed by atoms with Gasteiger partial charge in [0.25, 0.3) is 0 Å². The van der Waals surface area contributed by atoms with Crippen molar-refractivity contribution >= 4 is 5.78 Å².